The van der Waals surface area contributed by atoms with Gasteiger partial charge in [0, 0.05) is 26.3 Å². The summed E-state index contributed by atoms with van der Waals surface area (Å²) in [6, 6.07) is 2.56. The minimum absolute atomic E-state index is 0.00764. The first kappa shape index (κ1) is 14.9. The quantitative estimate of drug-likeness (QED) is 0.516. The normalized spacial score (nSPS) is 15.8. The summed E-state index contributed by atoms with van der Waals surface area (Å²) >= 11 is 0. The second-order valence-corrected chi connectivity index (χ2v) is 4.70. The van der Waals surface area contributed by atoms with E-state index >= 15 is 0 Å². The molecule has 0 heterocycles. The Bertz CT molecular complexity index is 282. The van der Waals surface area contributed by atoms with Crippen LogP contribution in [0.3, 0.4) is 0 Å². The predicted octanol–water partition coefficient (Wildman–Crippen LogP) is 0.907. The maximum Gasteiger partial charge on any atom is 0.234 e. The Hall–Kier alpha value is -1.12. The largest absolute Gasteiger partial charge is 0.385 e. The molecule has 1 saturated carbocycles. The van der Waals surface area contributed by atoms with Gasteiger partial charge in [-0.25, -0.2) is 0 Å². The first-order chi connectivity index (χ1) is 8.77. The van der Waals surface area contributed by atoms with Crippen LogP contribution in [0.15, 0.2) is 0 Å². The van der Waals surface area contributed by atoms with Crippen LogP contribution in [0.25, 0.3) is 0 Å². The van der Waals surface area contributed by atoms with E-state index < -0.39 is 0 Å². The lowest BCUT2D eigenvalue weighted by Crippen LogP contribution is -2.42. The van der Waals surface area contributed by atoms with Crippen molar-refractivity contribution in [3.05, 3.63) is 0 Å². The third kappa shape index (κ3) is 5.48. The molecule has 0 spiro atoms. The molecule has 0 aromatic heterocycles. The van der Waals surface area contributed by atoms with E-state index in [1.807, 2.05) is 4.90 Å². The fraction of sp³-hybridized carbons (Fsp3) is 0.846. The van der Waals surface area contributed by atoms with Crippen LogP contribution in [0.1, 0.15) is 32.1 Å². The molecule has 1 fully saturated rings. The number of hydrogen-bond donors (Lipinski definition) is 1. The van der Waals surface area contributed by atoms with Crippen molar-refractivity contribution in [2.75, 3.05) is 33.4 Å². The van der Waals surface area contributed by atoms with E-state index in [1.54, 1.807) is 7.11 Å². The van der Waals surface area contributed by atoms with Gasteiger partial charge in [-0.15, -0.1) is 0 Å². The summed E-state index contributed by atoms with van der Waals surface area (Å²) < 4.78 is 4.92. The Morgan fingerprint density at radius 1 is 1.50 bits per heavy atom. The number of methoxy groups -OCH3 is 1. The molecule has 5 heteroatoms. The van der Waals surface area contributed by atoms with Crippen molar-refractivity contribution in [3.63, 3.8) is 0 Å². The van der Waals surface area contributed by atoms with Crippen LogP contribution in [-0.4, -0.2) is 50.2 Å². The Balaban J connectivity index is 2.26. The highest BCUT2D eigenvalue weighted by Gasteiger charge is 2.23. The topological polar surface area (TPSA) is 65.4 Å². The molecular weight excluding hydrogens is 230 g/mol. The monoisotopic (exact) mass is 253 g/mol. The van der Waals surface area contributed by atoms with Crippen LogP contribution in [0.2, 0.25) is 0 Å². The van der Waals surface area contributed by atoms with Crippen LogP contribution in [0.4, 0.5) is 0 Å². The number of rotatable bonds is 8. The maximum atomic E-state index is 11.7. The molecule has 0 bridgehead atoms. The maximum absolute atomic E-state index is 11.7. The molecule has 0 radical (unpaired) electrons. The van der Waals surface area contributed by atoms with E-state index in [-0.39, 0.29) is 5.91 Å². The molecule has 1 N–H and O–H groups in total. The molecule has 102 valence electrons. The molecule has 0 atom stereocenters. The molecule has 0 aromatic carbocycles. The Kier molecular flexibility index (Phi) is 7.38. The third-order valence-corrected chi connectivity index (χ3v) is 3.31. The second kappa shape index (κ2) is 8.90. The molecule has 0 aliphatic heterocycles. The highest BCUT2D eigenvalue weighted by Crippen LogP contribution is 2.22. The van der Waals surface area contributed by atoms with Gasteiger partial charge >= 0.3 is 0 Å². The van der Waals surface area contributed by atoms with E-state index in [0.717, 1.165) is 19.3 Å². The zero-order chi connectivity index (χ0) is 13.2. The lowest BCUT2D eigenvalue weighted by Gasteiger charge is -2.25. The molecule has 1 aliphatic rings. The summed E-state index contributed by atoms with van der Waals surface area (Å²) in [6.07, 6.45) is 5.46. The average molecular weight is 253 g/mol. The highest BCUT2D eigenvalue weighted by molar-refractivity contribution is 5.78. The predicted molar refractivity (Wildman–Crippen MR) is 68.9 cm³/mol. The minimum Gasteiger partial charge on any atom is -0.385 e. The van der Waals surface area contributed by atoms with Crippen LogP contribution >= 0.6 is 0 Å². The number of nitrogens with zero attached hydrogens (tertiary/aromatic N) is 2. The lowest BCUT2D eigenvalue weighted by atomic mass is 10.2. The molecule has 0 unspecified atom stereocenters. The van der Waals surface area contributed by atoms with Gasteiger partial charge in [-0.05, 0) is 19.3 Å². The summed E-state index contributed by atoms with van der Waals surface area (Å²) in [5.74, 6) is 0.00764. The summed E-state index contributed by atoms with van der Waals surface area (Å²) in [5, 5.41) is 11.7. The van der Waals surface area contributed by atoms with Crippen LogP contribution in [-0.2, 0) is 9.53 Å². The fourth-order valence-corrected chi connectivity index (χ4v) is 2.36. The smallest absolute Gasteiger partial charge is 0.234 e. The van der Waals surface area contributed by atoms with Gasteiger partial charge in [0.2, 0.25) is 5.91 Å². The van der Waals surface area contributed by atoms with E-state index in [4.69, 9.17) is 10.00 Å². The van der Waals surface area contributed by atoms with Crippen LogP contribution in [0.5, 0.6) is 0 Å². The number of nitriles is 1. The molecule has 18 heavy (non-hydrogen) atoms. The van der Waals surface area contributed by atoms with Crippen molar-refractivity contribution in [3.8, 4) is 6.07 Å². The van der Waals surface area contributed by atoms with Crippen LogP contribution in [0, 0.1) is 11.3 Å². The van der Waals surface area contributed by atoms with Gasteiger partial charge in [-0.1, -0.05) is 12.8 Å². The Labute approximate surface area is 109 Å². The van der Waals surface area contributed by atoms with Crippen molar-refractivity contribution >= 4 is 5.91 Å². The average Bonchev–Trinajstić information content (AvgIpc) is 2.88. The van der Waals surface area contributed by atoms with Gasteiger partial charge in [0.1, 0.15) is 0 Å². The van der Waals surface area contributed by atoms with Crippen molar-refractivity contribution < 1.29 is 9.53 Å². The molecular formula is C13H23N3O2. The van der Waals surface area contributed by atoms with E-state index in [1.165, 1.54) is 12.8 Å². The molecule has 5 nitrogen and oxygen atoms in total. The Morgan fingerprint density at radius 2 is 2.22 bits per heavy atom. The van der Waals surface area contributed by atoms with Gasteiger partial charge < -0.3 is 10.1 Å². The minimum atomic E-state index is 0.00764. The summed E-state index contributed by atoms with van der Waals surface area (Å²) in [5.41, 5.74) is 0. The molecule has 1 amide bonds. The third-order valence-electron chi connectivity index (χ3n) is 3.31. The highest BCUT2D eigenvalue weighted by atomic mass is 16.5. The lowest BCUT2D eigenvalue weighted by molar-refractivity contribution is -0.122. The zero-order valence-corrected chi connectivity index (χ0v) is 11.2. The van der Waals surface area contributed by atoms with Gasteiger partial charge in [0.05, 0.1) is 19.2 Å². The zero-order valence-electron chi connectivity index (χ0n) is 11.2. The van der Waals surface area contributed by atoms with E-state index in [0.29, 0.717) is 32.3 Å². The second-order valence-electron chi connectivity index (χ2n) is 4.70. The van der Waals surface area contributed by atoms with E-state index in [2.05, 4.69) is 11.4 Å². The summed E-state index contributed by atoms with van der Waals surface area (Å²) in [6.45, 7) is 1.98. The van der Waals surface area contributed by atoms with Gasteiger partial charge in [-0.2, -0.15) is 5.26 Å². The van der Waals surface area contributed by atoms with E-state index in [9.17, 15) is 4.79 Å². The van der Waals surface area contributed by atoms with Crippen molar-refractivity contribution in [1.29, 1.82) is 5.26 Å². The first-order valence-corrected chi connectivity index (χ1v) is 6.64. The molecule has 1 rings (SSSR count). The number of ether oxygens (including phenoxy) is 1. The SMILES string of the molecule is COCCCNC(=O)CN(CC#N)C1CCCC1. The first-order valence-electron chi connectivity index (χ1n) is 6.64. The number of amides is 1. The van der Waals surface area contributed by atoms with Crippen molar-refractivity contribution in [1.82, 2.24) is 10.2 Å². The Morgan fingerprint density at radius 3 is 2.83 bits per heavy atom. The van der Waals surface area contributed by atoms with Crippen LogP contribution < -0.4 is 5.32 Å². The number of carbonyl (C=O) groups excluding carboxylic acids is 1. The molecule has 0 saturated heterocycles. The fourth-order valence-electron chi connectivity index (χ4n) is 2.36. The van der Waals surface area contributed by atoms with Gasteiger partial charge in [-0.3, -0.25) is 9.69 Å². The summed E-state index contributed by atoms with van der Waals surface area (Å²) in [4.78, 5) is 13.7. The standard InChI is InChI=1S/C13H23N3O2/c1-18-10-4-8-15-13(17)11-16(9-7-14)12-5-2-3-6-12/h12H,2-6,8-11H2,1H3,(H,15,17). The van der Waals surface area contributed by atoms with Gasteiger partial charge in [0.25, 0.3) is 0 Å². The number of hydrogen-bond acceptors (Lipinski definition) is 4. The van der Waals surface area contributed by atoms with Gasteiger partial charge in [0.15, 0.2) is 0 Å². The number of carbonyl (C=O) groups is 1. The molecule has 0 aromatic rings. The molecule has 1 aliphatic carbocycles. The van der Waals surface area contributed by atoms with Crippen molar-refractivity contribution in [2.24, 2.45) is 0 Å². The summed E-state index contributed by atoms with van der Waals surface area (Å²) in [7, 11) is 1.65. The number of nitrogens with one attached hydrogen (secondary N) is 1. The van der Waals surface area contributed by atoms with Crippen molar-refractivity contribution in [2.45, 2.75) is 38.1 Å².